The molecule has 3 unspecified atom stereocenters. The van der Waals surface area contributed by atoms with Crippen LogP contribution in [0.5, 0.6) is 0 Å². The number of carbonyl (C=O) groups is 4. The van der Waals surface area contributed by atoms with Crippen molar-refractivity contribution in [1.29, 1.82) is 5.26 Å². The van der Waals surface area contributed by atoms with Crippen molar-refractivity contribution in [3.05, 3.63) is 229 Å². The molecule has 41 heteroatoms. The molecule has 612 valence electrons. The molecule has 0 aliphatic heterocycles. The van der Waals surface area contributed by atoms with Crippen molar-refractivity contribution in [1.82, 2.24) is 10.1 Å². The molecular weight excluding hydrogens is 1610 g/mol. The summed E-state index contributed by atoms with van der Waals surface area (Å²) in [5.74, 6) is -8.31. The smallest absolute Gasteiger partial charge is 0.409 e. The van der Waals surface area contributed by atoms with Crippen molar-refractivity contribution in [3.63, 3.8) is 0 Å². The second kappa shape index (κ2) is 38.3. The fourth-order valence-corrected chi connectivity index (χ4v) is 10.1. The zero-order valence-electron chi connectivity index (χ0n) is 55.9. The van der Waals surface area contributed by atoms with E-state index in [0.29, 0.717) is 66.8 Å². The number of carbonyl (C=O) groups excluding carboxylic acids is 4. The molecule has 1 heterocycles. The Morgan fingerprint density at radius 1 is 0.496 bits per heavy atom. The minimum absolute atomic E-state index is 0. The zero-order chi connectivity index (χ0) is 84.7. The lowest BCUT2D eigenvalue weighted by atomic mass is 9.91. The summed E-state index contributed by atoms with van der Waals surface area (Å²) in [6.07, 6.45) is -40.3. The highest BCUT2D eigenvalue weighted by molar-refractivity contribution is 6.64. The largest absolute Gasteiger partial charge is 0.417 e. The molecule has 9 rings (SSSR count). The number of ketones is 3. The third-order valence-electron chi connectivity index (χ3n) is 15.7. The Labute approximate surface area is 625 Å². The number of oxime groups is 1. The van der Waals surface area contributed by atoms with Crippen LogP contribution in [0.2, 0.25) is 0 Å². The molecule has 113 heavy (non-hydrogen) atoms. The molecule has 2 aliphatic rings. The summed E-state index contributed by atoms with van der Waals surface area (Å²) in [5.41, 5.74) is -7.13. The maximum absolute atomic E-state index is 13.7. The summed E-state index contributed by atoms with van der Waals surface area (Å²) in [7, 11) is 0. The number of alkyl halides is 27. The summed E-state index contributed by atoms with van der Waals surface area (Å²) < 4.78 is 362. The van der Waals surface area contributed by atoms with Gasteiger partial charge in [-0.3, -0.25) is 19.2 Å². The second-order valence-electron chi connectivity index (χ2n) is 24.0. The maximum Gasteiger partial charge on any atom is 0.417 e. The van der Waals surface area contributed by atoms with Crippen LogP contribution in [-0.2, 0) is 56.2 Å². The third kappa shape index (κ3) is 28.9. The molecule has 0 amide bonds. The molecule has 0 bridgehead atoms. The minimum Gasteiger partial charge on any atom is -0.409 e. The summed E-state index contributed by atoms with van der Waals surface area (Å²) in [5, 5.41) is 29.8. The molecular formula is C72H56ClF27N6O7. The lowest BCUT2D eigenvalue weighted by Gasteiger charge is -2.20. The predicted octanol–water partition coefficient (Wildman–Crippen LogP) is 22.2. The standard InChI is InChI=1S/C25H17F9N2O2.C21H15F9N2O2.C21H12F9NO.C4H5ClO.CH4.H3NO/c26-23(27,28)16-3-1-2-15(11-16)19(24(29,30)31)12-17(37)8-4-13-5-9-18(20(10-13)25(32,33)34)21-35-22(38-36-21)14-6-7-14;22-19(23,24)13-3-1-2-12(9-13)16(20(25,26)27)10-14(33)6-4-11-5-7-15(18(31)32-34)17(8-11)21(28,29)30;22-19(23,24)15-3-1-2-13(9-15)18(21(28,29)30)10-16(32)7-5-12-4-6-14(11-31)17(8-12)20(25,26)27;5-4(6)3-1-2-3;;1-2/h1-5,8-11,14,19H,6-7,12H2;1-9,16,34H,10H2,(H2,31,32);1-9,18H,10H2;3H,1-2H2;1H4;2H,1H2/b8-4+;6-4+;7-5+;;;. The van der Waals surface area contributed by atoms with Gasteiger partial charge >= 0.3 is 55.6 Å². The Bertz CT molecular complexity index is 4610. The monoisotopic (exact) mass is 1660 g/mol. The van der Waals surface area contributed by atoms with Crippen molar-refractivity contribution < 1.29 is 153 Å². The van der Waals surface area contributed by atoms with E-state index in [2.05, 4.69) is 21.2 Å². The number of allylic oxidation sites excluding steroid dienone is 3. The van der Waals surface area contributed by atoms with Crippen LogP contribution in [0.3, 0.4) is 0 Å². The predicted molar refractivity (Wildman–Crippen MR) is 350 cm³/mol. The van der Waals surface area contributed by atoms with Gasteiger partial charge in [-0.15, -0.1) is 0 Å². The van der Waals surface area contributed by atoms with E-state index in [1.165, 1.54) is 12.1 Å². The topological polar surface area (TPSA) is 236 Å². The van der Waals surface area contributed by atoms with Gasteiger partial charge in [-0.1, -0.05) is 109 Å². The summed E-state index contributed by atoms with van der Waals surface area (Å²) in [6.45, 7) is 0. The van der Waals surface area contributed by atoms with E-state index in [1.54, 1.807) is 0 Å². The van der Waals surface area contributed by atoms with Crippen LogP contribution in [0.25, 0.3) is 29.6 Å². The van der Waals surface area contributed by atoms with Gasteiger partial charge in [-0.2, -0.15) is 129 Å². The van der Waals surface area contributed by atoms with Crippen molar-refractivity contribution in [3.8, 4) is 17.5 Å². The Hall–Kier alpha value is -10.6. The van der Waals surface area contributed by atoms with E-state index in [9.17, 15) is 138 Å². The van der Waals surface area contributed by atoms with E-state index < -0.39 is 177 Å². The van der Waals surface area contributed by atoms with E-state index in [0.717, 1.165) is 111 Å². The minimum atomic E-state index is -5.07. The first kappa shape index (κ1) is 94.8. The van der Waals surface area contributed by atoms with Gasteiger partial charge in [0.15, 0.2) is 23.2 Å². The number of halogens is 28. The van der Waals surface area contributed by atoms with Gasteiger partial charge in [-0.25, -0.2) is 5.90 Å². The Morgan fingerprint density at radius 2 is 0.841 bits per heavy atom. The van der Waals surface area contributed by atoms with Crippen LogP contribution in [-0.4, -0.2) is 67.5 Å². The lowest BCUT2D eigenvalue weighted by Crippen LogP contribution is -2.23. The molecule has 13 nitrogen and oxygen atoms in total. The van der Waals surface area contributed by atoms with E-state index in [1.807, 2.05) is 0 Å². The molecule has 0 saturated heterocycles. The molecule has 6 aromatic carbocycles. The van der Waals surface area contributed by atoms with E-state index in [-0.39, 0.29) is 64.5 Å². The lowest BCUT2D eigenvalue weighted by molar-refractivity contribution is -0.156. The number of hydrogen-bond donors (Lipinski definition) is 4. The molecule has 2 saturated carbocycles. The van der Waals surface area contributed by atoms with Crippen molar-refractivity contribution in [2.24, 2.45) is 22.7 Å². The number of aromatic nitrogens is 2. The number of nitriles is 1. The van der Waals surface area contributed by atoms with E-state index in [4.69, 9.17) is 37.5 Å². The van der Waals surface area contributed by atoms with Crippen molar-refractivity contribution in [2.45, 2.75) is 132 Å². The van der Waals surface area contributed by atoms with Crippen molar-refractivity contribution >= 4 is 58.3 Å². The number of benzene rings is 6. The summed E-state index contributed by atoms with van der Waals surface area (Å²) >= 11 is 5.04. The third-order valence-corrected chi connectivity index (χ3v) is 16.0. The van der Waals surface area contributed by atoms with Gasteiger partial charge in [0.25, 0.3) is 0 Å². The highest BCUT2D eigenvalue weighted by Gasteiger charge is 2.47. The Balaban J connectivity index is 0.000000339. The van der Waals surface area contributed by atoms with Crippen molar-refractivity contribution in [2.75, 3.05) is 0 Å². The van der Waals surface area contributed by atoms with E-state index >= 15 is 0 Å². The first-order valence-electron chi connectivity index (χ1n) is 31.2. The van der Waals surface area contributed by atoms with Crippen LogP contribution in [0, 0.1) is 17.2 Å². The van der Waals surface area contributed by atoms with Crippen LogP contribution < -0.4 is 11.6 Å². The van der Waals surface area contributed by atoms with Gasteiger partial charge in [0.2, 0.25) is 17.0 Å². The molecule has 2 fully saturated rings. The van der Waals surface area contributed by atoms with Crippen LogP contribution in [0.15, 0.2) is 155 Å². The molecule has 3 atom stereocenters. The fraction of sp³-hybridized carbons (Fsp3) is 0.306. The first-order chi connectivity index (χ1) is 51.6. The number of nitrogens with zero attached hydrogens (tertiary/aromatic N) is 4. The zero-order valence-corrected chi connectivity index (χ0v) is 56.6. The fourth-order valence-electron chi connectivity index (χ4n) is 9.86. The van der Waals surface area contributed by atoms with Crippen LogP contribution >= 0.6 is 11.6 Å². The maximum atomic E-state index is 13.7. The molecule has 1 aromatic heterocycles. The highest BCUT2D eigenvalue weighted by atomic mass is 35.5. The summed E-state index contributed by atoms with van der Waals surface area (Å²) in [4.78, 5) is 50.5. The number of hydrogen-bond acceptors (Lipinski definition) is 12. The van der Waals surface area contributed by atoms with Gasteiger partial charge in [0, 0.05) is 42.2 Å². The van der Waals surface area contributed by atoms with Gasteiger partial charge in [0.05, 0.1) is 62.8 Å². The molecule has 0 spiro atoms. The molecule has 6 N–H and O–H groups in total. The number of amidine groups is 1. The summed E-state index contributed by atoms with van der Waals surface area (Å²) in [6, 6.07) is 16.6. The molecule has 2 aliphatic carbocycles. The number of rotatable bonds is 19. The van der Waals surface area contributed by atoms with Crippen LogP contribution in [0.1, 0.15) is 160 Å². The molecule has 0 radical (unpaired) electrons. The SMILES string of the molecule is C.N#Cc1ccc(/C=C/C(=O)CC(c2cccc(C(F)(F)F)c2)C(F)(F)F)cc1C(F)(F)F.NC(=NO)c1ccc(/C=C/C(=O)CC(c2cccc(C(F)(F)F)c2)C(F)(F)F)cc1C(F)(F)F.NO.O=C(/C=C/c1ccc(-c2noc(C3CC3)n2)c(C(F)(F)F)c1)CC(c1cccc(C(F)(F)F)c1)C(F)(F)F.O=C(Cl)C1CC1. The average molecular weight is 1670 g/mol. The quantitative estimate of drug-likeness (QED) is 0.0113. The Morgan fingerprint density at radius 3 is 1.14 bits per heavy atom. The normalized spacial score (nSPS) is 14.7. The second-order valence-corrected chi connectivity index (χ2v) is 24.4. The Kier molecular flexibility index (Phi) is 32.1. The van der Waals surface area contributed by atoms with Gasteiger partial charge in [0.1, 0.15) is 0 Å². The molecule has 7 aromatic rings. The highest BCUT2D eigenvalue weighted by Crippen LogP contribution is 2.46. The van der Waals surface area contributed by atoms with Crippen LogP contribution in [0.4, 0.5) is 119 Å². The van der Waals surface area contributed by atoms with Gasteiger partial charge < -0.3 is 20.7 Å². The van der Waals surface area contributed by atoms with Gasteiger partial charge in [-0.05, 0) is 143 Å². The average Bonchev–Trinajstić information content (AvgIpc) is 1.74. The number of nitrogens with two attached hydrogens (primary N) is 2. The first-order valence-corrected chi connectivity index (χ1v) is 31.6.